The summed E-state index contributed by atoms with van der Waals surface area (Å²) in [6, 6.07) is 0. The first-order valence-corrected chi connectivity index (χ1v) is 8.36. The second-order valence-electron chi connectivity index (χ2n) is 5.13. The summed E-state index contributed by atoms with van der Waals surface area (Å²) in [5.74, 6) is -0.714. The topological polar surface area (TPSA) is 57.5 Å². The second-order valence-corrected chi connectivity index (χ2v) is 5.13. The Morgan fingerprint density at radius 1 is 0.696 bits per heavy atom. The van der Waals surface area contributed by atoms with E-state index in [0.29, 0.717) is 0 Å². The van der Waals surface area contributed by atoms with E-state index in [1.807, 2.05) is 18.2 Å². The summed E-state index contributed by atoms with van der Waals surface area (Å²) < 4.78 is 0. The van der Waals surface area contributed by atoms with Gasteiger partial charge in [0.15, 0.2) is 0 Å². The number of carbonyl (C=O) groups is 1. The molecule has 3 nitrogen and oxygen atoms in total. The Labute approximate surface area is 140 Å². The minimum absolute atomic E-state index is 0.219. The molecule has 2 N–H and O–H groups in total. The molecule has 3 heteroatoms. The van der Waals surface area contributed by atoms with Crippen LogP contribution in [0.15, 0.2) is 60.8 Å². The van der Waals surface area contributed by atoms with Crippen molar-refractivity contribution in [3.8, 4) is 0 Å². The third kappa shape index (κ3) is 20.1. The number of hydrogen-bond donors (Lipinski definition) is 2. The quantitative estimate of drug-likeness (QED) is 0.270. The molecule has 23 heavy (non-hydrogen) atoms. The van der Waals surface area contributed by atoms with Crippen molar-refractivity contribution in [2.24, 2.45) is 0 Å². The van der Waals surface area contributed by atoms with E-state index in [0.717, 1.165) is 44.9 Å². The van der Waals surface area contributed by atoms with E-state index in [2.05, 4.69) is 42.5 Å². The maximum absolute atomic E-state index is 10.3. The lowest BCUT2D eigenvalue weighted by molar-refractivity contribution is -0.137. The second kappa shape index (κ2) is 18.2. The van der Waals surface area contributed by atoms with Gasteiger partial charge in [0.2, 0.25) is 0 Å². The molecule has 0 radical (unpaired) electrons. The van der Waals surface area contributed by atoms with Gasteiger partial charge >= 0.3 is 5.97 Å². The molecule has 0 saturated heterocycles. The minimum Gasteiger partial charge on any atom is -0.481 e. The Hall–Kier alpha value is -1.87. The van der Waals surface area contributed by atoms with Crippen LogP contribution in [0.25, 0.3) is 0 Å². The monoisotopic (exact) mass is 318 g/mol. The van der Waals surface area contributed by atoms with E-state index in [4.69, 9.17) is 10.2 Å². The third-order valence-corrected chi connectivity index (χ3v) is 3.01. The molecule has 0 atom stereocenters. The number of rotatable bonds is 14. The molecule has 0 aliphatic rings. The number of aliphatic hydroxyl groups is 1. The summed E-state index contributed by atoms with van der Waals surface area (Å²) in [7, 11) is 0. The fourth-order valence-electron chi connectivity index (χ4n) is 1.78. The van der Waals surface area contributed by atoms with Crippen molar-refractivity contribution < 1.29 is 15.0 Å². The van der Waals surface area contributed by atoms with Gasteiger partial charge in [0.25, 0.3) is 0 Å². The summed E-state index contributed by atoms with van der Waals surface area (Å²) >= 11 is 0. The lowest BCUT2D eigenvalue weighted by Crippen LogP contribution is -1.92. The lowest BCUT2D eigenvalue weighted by atomic mass is 10.2. The molecule has 0 unspecified atom stereocenters. The van der Waals surface area contributed by atoms with Gasteiger partial charge in [-0.25, -0.2) is 0 Å². The van der Waals surface area contributed by atoms with Gasteiger partial charge in [-0.2, -0.15) is 0 Å². The van der Waals surface area contributed by atoms with Crippen LogP contribution in [0.3, 0.4) is 0 Å². The Balaban J connectivity index is 3.47. The molecule has 0 bridgehead atoms. The van der Waals surface area contributed by atoms with Crippen molar-refractivity contribution in [3.63, 3.8) is 0 Å². The number of unbranched alkanes of at least 4 members (excludes halogenated alkanes) is 2. The van der Waals surface area contributed by atoms with E-state index in [-0.39, 0.29) is 13.0 Å². The minimum atomic E-state index is -0.714. The van der Waals surface area contributed by atoms with Crippen molar-refractivity contribution in [1.29, 1.82) is 0 Å². The molecule has 0 spiro atoms. The zero-order valence-corrected chi connectivity index (χ0v) is 13.9. The zero-order chi connectivity index (χ0) is 17.0. The summed E-state index contributed by atoms with van der Waals surface area (Å²) in [4.78, 5) is 10.3. The first-order valence-electron chi connectivity index (χ1n) is 8.36. The fraction of sp³-hybridized carbons (Fsp3) is 0.450. The molecule has 0 aromatic rings. The molecule has 0 amide bonds. The van der Waals surface area contributed by atoms with Gasteiger partial charge < -0.3 is 10.2 Å². The number of allylic oxidation sites excluding steroid dienone is 9. The Kier molecular flexibility index (Phi) is 16.7. The summed E-state index contributed by atoms with van der Waals surface area (Å²) in [5.41, 5.74) is 0. The maximum Gasteiger partial charge on any atom is 0.303 e. The van der Waals surface area contributed by atoms with Crippen molar-refractivity contribution in [1.82, 2.24) is 0 Å². The van der Waals surface area contributed by atoms with Crippen LogP contribution in [0.4, 0.5) is 0 Å². The normalized spacial score (nSPS) is 12.7. The predicted octanol–water partition coefficient (Wildman–Crippen LogP) is 4.97. The highest BCUT2D eigenvalue weighted by Gasteiger charge is 1.93. The van der Waals surface area contributed by atoms with Gasteiger partial charge in [-0.3, -0.25) is 4.79 Å². The zero-order valence-electron chi connectivity index (χ0n) is 13.9. The van der Waals surface area contributed by atoms with Gasteiger partial charge in [-0.05, 0) is 44.9 Å². The molecule has 0 aromatic heterocycles. The van der Waals surface area contributed by atoms with Gasteiger partial charge in [-0.15, -0.1) is 0 Å². The van der Waals surface area contributed by atoms with Crippen LogP contribution in [0, 0.1) is 0 Å². The van der Waals surface area contributed by atoms with E-state index < -0.39 is 5.97 Å². The molecule has 0 aromatic carbocycles. The average molecular weight is 318 g/mol. The first kappa shape index (κ1) is 21.1. The summed E-state index contributed by atoms with van der Waals surface area (Å²) in [6.07, 6.45) is 27.2. The molecular formula is C20H30O3. The number of hydrogen-bond acceptors (Lipinski definition) is 2. The van der Waals surface area contributed by atoms with Crippen LogP contribution < -0.4 is 0 Å². The third-order valence-electron chi connectivity index (χ3n) is 3.01. The van der Waals surface area contributed by atoms with Crippen molar-refractivity contribution >= 4 is 5.97 Å². The highest BCUT2D eigenvalue weighted by molar-refractivity contribution is 5.66. The Bertz CT molecular complexity index is 415. The smallest absolute Gasteiger partial charge is 0.303 e. The SMILES string of the molecule is O=C(O)CCCC/C=C/C=C/C/C=C/C/C=C/C/C=C/CCO. The molecule has 128 valence electrons. The van der Waals surface area contributed by atoms with Crippen molar-refractivity contribution in [2.45, 2.75) is 51.4 Å². The fourth-order valence-corrected chi connectivity index (χ4v) is 1.78. The van der Waals surface area contributed by atoms with Crippen molar-refractivity contribution in [3.05, 3.63) is 60.8 Å². The molecule has 0 heterocycles. The van der Waals surface area contributed by atoms with Crippen LogP contribution in [0.2, 0.25) is 0 Å². The van der Waals surface area contributed by atoms with Crippen LogP contribution in [-0.4, -0.2) is 22.8 Å². The maximum atomic E-state index is 10.3. The van der Waals surface area contributed by atoms with Gasteiger partial charge in [0.1, 0.15) is 0 Å². The molecule has 0 rings (SSSR count). The number of carboxylic acid groups (broad SMARTS) is 1. The number of aliphatic hydroxyl groups excluding tert-OH is 1. The summed E-state index contributed by atoms with van der Waals surface area (Å²) in [6.45, 7) is 0.219. The largest absolute Gasteiger partial charge is 0.481 e. The van der Waals surface area contributed by atoms with E-state index in [1.165, 1.54) is 0 Å². The van der Waals surface area contributed by atoms with E-state index in [1.54, 1.807) is 0 Å². The van der Waals surface area contributed by atoms with Gasteiger partial charge in [0.05, 0.1) is 0 Å². The molecule has 0 saturated carbocycles. The van der Waals surface area contributed by atoms with Crippen LogP contribution in [0.5, 0.6) is 0 Å². The van der Waals surface area contributed by atoms with E-state index in [9.17, 15) is 4.79 Å². The van der Waals surface area contributed by atoms with Crippen LogP contribution in [0.1, 0.15) is 51.4 Å². The van der Waals surface area contributed by atoms with Gasteiger partial charge in [-0.1, -0.05) is 60.8 Å². The standard InChI is InChI=1S/C20H30O3/c21-19-17-15-13-11-9-7-5-3-1-2-4-6-8-10-12-14-16-18-20(22)23/h1,3-4,6-10,13,15,21H,2,5,11-12,14,16-19H2,(H,22,23)/b3-1+,6-4+,9-7+,10-8+,15-13+. The molecule has 0 fully saturated rings. The van der Waals surface area contributed by atoms with Crippen LogP contribution >= 0.6 is 0 Å². The lowest BCUT2D eigenvalue weighted by Gasteiger charge is -1.92. The molecule has 0 aliphatic carbocycles. The number of aliphatic carboxylic acids is 1. The highest BCUT2D eigenvalue weighted by atomic mass is 16.4. The number of carboxylic acids is 1. The highest BCUT2D eigenvalue weighted by Crippen LogP contribution is 2.01. The van der Waals surface area contributed by atoms with E-state index >= 15 is 0 Å². The average Bonchev–Trinajstić information content (AvgIpc) is 2.53. The molecule has 0 aliphatic heterocycles. The van der Waals surface area contributed by atoms with Gasteiger partial charge in [0, 0.05) is 13.0 Å². The Morgan fingerprint density at radius 2 is 1.26 bits per heavy atom. The Morgan fingerprint density at radius 3 is 1.87 bits per heavy atom. The van der Waals surface area contributed by atoms with Crippen LogP contribution in [-0.2, 0) is 4.79 Å². The summed E-state index contributed by atoms with van der Waals surface area (Å²) in [5, 5.41) is 17.1. The first-order chi connectivity index (χ1) is 11.3. The predicted molar refractivity (Wildman–Crippen MR) is 97.4 cm³/mol. The molecular weight excluding hydrogens is 288 g/mol. The van der Waals surface area contributed by atoms with Crippen molar-refractivity contribution in [2.75, 3.05) is 6.61 Å².